The number of halogens is 1. The van der Waals surface area contributed by atoms with Crippen LogP contribution < -0.4 is 0 Å². The third kappa shape index (κ3) is 1.97. The quantitative estimate of drug-likeness (QED) is 0.741. The Kier molecular flexibility index (Phi) is 3.02. The highest BCUT2D eigenvalue weighted by molar-refractivity contribution is 6.31. The molecule has 0 atom stereocenters. The Labute approximate surface area is 98.9 Å². The maximum atomic E-state index is 10.5. The second-order valence-electron chi connectivity index (χ2n) is 3.51. The third-order valence-corrected chi connectivity index (χ3v) is 2.88. The molecule has 0 unspecified atom stereocenters. The second-order valence-corrected chi connectivity index (χ2v) is 3.91. The standard InChI is InChI=1S/C13H10ClNO/c1-9-11(3-2-4-12(9)14)13-6-5-10(8-16)7-15-13/h2-8H,1H3. The van der Waals surface area contributed by atoms with Gasteiger partial charge in [0.05, 0.1) is 5.69 Å². The van der Waals surface area contributed by atoms with E-state index in [0.29, 0.717) is 5.56 Å². The van der Waals surface area contributed by atoms with E-state index in [0.717, 1.165) is 28.1 Å². The molecule has 2 nitrogen and oxygen atoms in total. The lowest BCUT2D eigenvalue weighted by Crippen LogP contribution is -1.89. The number of rotatable bonds is 2. The molecule has 80 valence electrons. The molecule has 0 aliphatic rings. The molecule has 0 bridgehead atoms. The van der Waals surface area contributed by atoms with Gasteiger partial charge in [-0.15, -0.1) is 0 Å². The molecule has 0 amide bonds. The van der Waals surface area contributed by atoms with Crippen LogP contribution >= 0.6 is 11.6 Å². The molecular formula is C13H10ClNO. The summed E-state index contributed by atoms with van der Waals surface area (Å²) in [6.45, 7) is 1.95. The molecule has 3 heteroatoms. The first-order chi connectivity index (χ1) is 7.72. The van der Waals surface area contributed by atoms with Crippen molar-refractivity contribution in [3.05, 3.63) is 52.7 Å². The fourth-order valence-electron chi connectivity index (χ4n) is 1.52. The van der Waals surface area contributed by atoms with E-state index < -0.39 is 0 Å². The van der Waals surface area contributed by atoms with Gasteiger partial charge in [0.15, 0.2) is 6.29 Å². The van der Waals surface area contributed by atoms with Crippen LogP contribution in [0.4, 0.5) is 0 Å². The average molecular weight is 232 g/mol. The van der Waals surface area contributed by atoms with Gasteiger partial charge in [0, 0.05) is 22.3 Å². The minimum Gasteiger partial charge on any atom is -0.298 e. The molecule has 2 rings (SSSR count). The van der Waals surface area contributed by atoms with Crippen LogP contribution in [0.3, 0.4) is 0 Å². The number of aldehydes is 1. The third-order valence-electron chi connectivity index (χ3n) is 2.47. The first kappa shape index (κ1) is 10.8. The van der Waals surface area contributed by atoms with Crippen molar-refractivity contribution in [2.45, 2.75) is 6.92 Å². The molecule has 2 aromatic rings. The van der Waals surface area contributed by atoms with Crippen molar-refractivity contribution < 1.29 is 4.79 Å². The summed E-state index contributed by atoms with van der Waals surface area (Å²) >= 11 is 6.04. The summed E-state index contributed by atoms with van der Waals surface area (Å²) in [5, 5.41) is 0.721. The van der Waals surface area contributed by atoms with Crippen molar-refractivity contribution in [2.24, 2.45) is 0 Å². The SMILES string of the molecule is Cc1c(Cl)cccc1-c1ccc(C=O)cn1. The van der Waals surface area contributed by atoms with Crippen LogP contribution in [0.5, 0.6) is 0 Å². The molecule has 1 aromatic heterocycles. The van der Waals surface area contributed by atoms with Crippen LogP contribution in [0.25, 0.3) is 11.3 Å². The Hall–Kier alpha value is -1.67. The molecule has 0 spiro atoms. The van der Waals surface area contributed by atoms with Gasteiger partial charge < -0.3 is 0 Å². The highest BCUT2D eigenvalue weighted by atomic mass is 35.5. The number of carbonyl (C=O) groups is 1. The van der Waals surface area contributed by atoms with Gasteiger partial charge in [-0.3, -0.25) is 9.78 Å². The molecule has 0 fully saturated rings. The largest absolute Gasteiger partial charge is 0.298 e. The Balaban J connectivity index is 2.50. The lowest BCUT2D eigenvalue weighted by atomic mass is 10.0. The van der Waals surface area contributed by atoms with Crippen LogP contribution in [0.1, 0.15) is 15.9 Å². The highest BCUT2D eigenvalue weighted by Crippen LogP contribution is 2.26. The minimum atomic E-state index is 0.573. The summed E-state index contributed by atoms with van der Waals surface area (Å²) in [5.74, 6) is 0. The Bertz CT molecular complexity index is 520. The minimum absolute atomic E-state index is 0.573. The molecular weight excluding hydrogens is 222 g/mol. The highest BCUT2D eigenvalue weighted by Gasteiger charge is 2.05. The van der Waals surface area contributed by atoms with Gasteiger partial charge in [-0.2, -0.15) is 0 Å². The smallest absolute Gasteiger partial charge is 0.151 e. The number of hydrogen-bond acceptors (Lipinski definition) is 2. The van der Waals surface area contributed by atoms with E-state index in [2.05, 4.69) is 4.98 Å². The Morgan fingerprint density at radius 2 is 2.06 bits per heavy atom. The summed E-state index contributed by atoms with van der Waals surface area (Å²) in [5.41, 5.74) is 3.38. The van der Waals surface area contributed by atoms with Gasteiger partial charge in [-0.1, -0.05) is 23.7 Å². The number of nitrogens with zero attached hydrogens (tertiary/aromatic N) is 1. The van der Waals surface area contributed by atoms with Gasteiger partial charge >= 0.3 is 0 Å². The Morgan fingerprint density at radius 3 is 2.69 bits per heavy atom. The fraction of sp³-hybridized carbons (Fsp3) is 0.0769. The van der Waals surface area contributed by atoms with Crippen molar-refractivity contribution in [3.8, 4) is 11.3 Å². The molecule has 0 saturated heterocycles. The van der Waals surface area contributed by atoms with Crippen LogP contribution in [0.15, 0.2) is 36.5 Å². The van der Waals surface area contributed by atoms with Crippen LogP contribution in [0.2, 0.25) is 5.02 Å². The van der Waals surface area contributed by atoms with Crippen molar-refractivity contribution in [1.29, 1.82) is 0 Å². The van der Waals surface area contributed by atoms with Crippen LogP contribution in [-0.2, 0) is 0 Å². The number of aromatic nitrogens is 1. The van der Waals surface area contributed by atoms with Crippen molar-refractivity contribution in [1.82, 2.24) is 4.98 Å². The summed E-state index contributed by atoms with van der Waals surface area (Å²) in [7, 11) is 0. The average Bonchev–Trinajstić information content (AvgIpc) is 2.33. The van der Waals surface area contributed by atoms with E-state index in [1.807, 2.05) is 31.2 Å². The molecule has 0 aliphatic carbocycles. The molecule has 0 radical (unpaired) electrons. The van der Waals surface area contributed by atoms with Crippen LogP contribution in [-0.4, -0.2) is 11.3 Å². The van der Waals surface area contributed by atoms with E-state index >= 15 is 0 Å². The summed E-state index contributed by atoms with van der Waals surface area (Å²) < 4.78 is 0. The summed E-state index contributed by atoms with van der Waals surface area (Å²) in [6.07, 6.45) is 2.34. The maximum Gasteiger partial charge on any atom is 0.151 e. The maximum absolute atomic E-state index is 10.5. The molecule has 0 saturated carbocycles. The molecule has 0 N–H and O–H groups in total. The summed E-state index contributed by atoms with van der Waals surface area (Å²) in [4.78, 5) is 14.7. The van der Waals surface area contributed by atoms with Gasteiger partial charge in [0.2, 0.25) is 0 Å². The predicted octanol–water partition coefficient (Wildman–Crippen LogP) is 3.52. The van der Waals surface area contributed by atoms with Gasteiger partial charge in [0.25, 0.3) is 0 Å². The van der Waals surface area contributed by atoms with E-state index in [9.17, 15) is 4.79 Å². The van der Waals surface area contributed by atoms with Crippen molar-refractivity contribution >= 4 is 17.9 Å². The zero-order chi connectivity index (χ0) is 11.5. The number of carbonyl (C=O) groups excluding carboxylic acids is 1. The normalized spacial score (nSPS) is 10.1. The predicted molar refractivity (Wildman–Crippen MR) is 64.8 cm³/mol. The van der Waals surface area contributed by atoms with Gasteiger partial charge in [-0.25, -0.2) is 0 Å². The zero-order valence-corrected chi connectivity index (χ0v) is 9.53. The number of pyridine rings is 1. The van der Waals surface area contributed by atoms with E-state index in [1.54, 1.807) is 12.3 Å². The van der Waals surface area contributed by atoms with E-state index in [4.69, 9.17) is 11.6 Å². The first-order valence-electron chi connectivity index (χ1n) is 4.89. The van der Waals surface area contributed by atoms with E-state index in [-0.39, 0.29) is 0 Å². The second kappa shape index (κ2) is 4.45. The lowest BCUT2D eigenvalue weighted by Gasteiger charge is -2.06. The topological polar surface area (TPSA) is 30.0 Å². The summed E-state index contributed by atoms with van der Waals surface area (Å²) in [6, 6.07) is 9.27. The van der Waals surface area contributed by atoms with E-state index in [1.165, 1.54) is 0 Å². The fourth-order valence-corrected chi connectivity index (χ4v) is 1.69. The number of hydrogen-bond donors (Lipinski definition) is 0. The van der Waals surface area contributed by atoms with Gasteiger partial charge in [-0.05, 0) is 30.7 Å². The molecule has 0 aliphatic heterocycles. The van der Waals surface area contributed by atoms with Crippen molar-refractivity contribution in [3.63, 3.8) is 0 Å². The first-order valence-corrected chi connectivity index (χ1v) is 5.27. The van der Waals surface area contributed by atoms with Crippen LogP contribution in [0, 0.1) is 6.92 Å². The van der Waals surface area contributed by atoms with Gasteiger partial charge in [0.1, 0.15) is 0 Å². The molecule has 16 heavy (non-hydrogen) atoms. The molecule has 1 heterocycles. The zero-order valence-electron chi connectivity index (χ0n) is 8.77. The Morgan fingerprint density at radius 1 is 1.25 bits per heavy atom. The lowest BCUT2D eigenvalue weighted by molar-refractivity contribution is 0.112. The molecule has 1 aromatic carbocycles. The van der Waals surface area contributed by atoms with Crippen molar-refractivity contribution in [2.75, 3.05) is 0 Å². The monoisotopic (exact) mass is 231 g/mol. The number of benzene rings is 1.